The fourth-order valence-electron chi connectivity index (χ4n) is 4.72. The molecule has 0 spiro atoms. The minimum absolute atomic E-state index is 0.0865. The Labute approximate surface area is 270 Å². The molecule has 1 aliphatic heterocycles. The van der Waals surface area contributed by atoms with Gasteiger partial charge in [0, 0.05) is 27.9 Å². The number of carbonyl (C=O) groups excluding carboxylic acids is 3. The molecule has 6 rings (SSSR count). The summed E-state index contributed by atoms with van der Waals surface area (Å²) in [6.07, 6.45) is 1.63. The molecule has 3 amide bonds. The number of benzene rings is 5. The first kappa shape index (κ1) is 30.2. The van der Waals surface area contributed by atoms with E-state index < -0.39 is 17.1 Å². The Kier molecular flexibility index (Phi) is 9.41. The minimum Gasteiger partial charge on any atom is -0.454 e. The second-order valence-electron chi connectivity index (χ2n) is 10.2. The molecule has 1 atom stereocenters. The van der Waals surface area contributed by atoms with Gasteiger partial charge in [-0.15, -0.1) is 11.8 Å². The lowest BCUT2D eigenvalue weighted by Gasteiger charge is -2.18. The molecule has 0 radical (unpaired) electrons. The molecule has 9 heteroatoms. The number of anilines is 2. The molecule has 0 aliphatic carbocycles. The van der Waals surface area contributed by atoms with Gasteiger partial charge in [-0.25, -0.2) is 0 Å². The van der Waals surface area contributed by atoms with Crippen LogP contribution in [-0.2, 0) is 9.59 Å². The van der Waals surface area contributed by atoms with Crippen molar-refractivity contribution >= 4 is 46.9 Å². The molecule has 8 nitrogen and oxygen atoms in total. The molecular weight excluding hydrogens is 598 g/mol. The smallest absolute Gasteiger partial charge is 0.272 e. The molecule has 0 bridgehead atoms. The summed E-state index contributed by atoms with van der Waals surface area (Å²) in [5.41, 5.74) is 3.18. The number of amides is 3. The Morgan fingerprint density at radius 2 is 1.35 bits per heavy atom. The molecule has 0 saturated heterocycles. The van der Waals surface area contributed by atoms with Crippen LogP contribution in [0.15, 0.2) is 144 Å². The van der Waals surface area contributed by atoms with Crippen LogP contribution in [0, 0.1) is 0 Å². The van der Waals surface area contributed by atoms with Crippen LogP contribution in [-0.4, -0.2) is 24.5 Å². The summed E-state index contributed by atoms with van der Waals surface area (Å²) in [5, 5.41) is 8.06. The minimum atomic E-state index is -0.601. The van der Waals surface area contributed by atoms with Crippen LogP contribution in [0.1, 0.15) is 26.7 Å². The monoisotopic (exact) mass is 627 g/mol. The molecule has 5 aromatic carbocycles. The number of thioether (sulfide) groups is 1. The number of ether oxygens (including phenoxy) is 2. The number of fused-ring (bicyclic) bond motifs is 1. The van der Waals surface area contributed by atoms with Gasteiger partial charge in [-0.1, -0.05) is 84.9 Å². The van der Waals surface area contributed by atoms with Gasteiger partial charge in [0.2, 0.25) is 12.7 Å². The van der Waals surface area contributed by atoms with Crippen LogP contribution in [0.2, 0.25) is 0 Å². The Morgan fingerprint density at radius 3 is 2.11 bits per heavy atom. The van der Waals surface area contributed by atoms with Crippen molar-refractivity contribution in [2.45, 2.75) is 10.1 Å². The van der Waals surface area contributed by atoms with E-state index in [1.54, 1.807) is 66.7 Å². The third-order valence-electron chi connectivity index (χ3n) is 6.97. The normalized spacial score (nSPS) is 12.6. The van der Waals surface area contributed by atoms with Crippen LogP contribution in [0.25, 0.3) is 6.08 Å². The number of hydrogen-bond donors (Lipinski definition) is 3. The van der Waals surface area contributed by atoms with Gasteiger partial charge >= 0.3 is 0 Å². The van der Waals surface area contributed by atoms with E-state index in [0.29, 0.717) is 28.4 Å². The highest BCUT2D eigenvalue weighted by atomic mass is 32.2. The van der Waals surface area contributed by atoms with Gasteiger partial charge in [0.15, 0.2) is 11.5 Å². The summed E-state index contributed by atoms with van der Waals surface area (Å²) < 4.78 is 10.8. The molecule has 1 unspecified atom stereocenters. The van der Waals surface area contributed by atoms with Crippen molar-refractivity contribution in [1.29, 1.82) is 0 Å². The predicted octanol–water partition coefficient (Wildman–Crippen LogP) is 7.30. The average molecular weight is 628 g/mol. The largest absolute Gasteiger partial charge is 0.454 e. The van der Waals surface area contributed by atoms with E-state index in [1.165, 1.54) is 11.8 Å². The fourth-order valence-corrected chi connectivity index (χ4v) is 5.81. The maximum atomic E-state index is 13.6. The van der Waals surface area contributed by atoms with Gasteiger partial charge in [0.1, 0.15) is 10.9 Å². The van der Waals surface area contributed by atoms with Gasteiger partial charge in [0.25, 0.3) is 11.8 Å². The fraction of sp³-hybridized carbons (Fsp3) is 0.0541. The Morgan fingerprint density at radius 1 is 0.674 bits per heavy atom. The van der Waals surface area contributed by atoms with Crippen molar-refractivity contribution in [1.82, 2.24) is 5.32 Å². The lowest BCUT2D eigenvalue weighted by molar-refractivity contribution is -0.116. The third kappa shape index (κ3) is 7.64. The third-order valence-corrected chi connectivity index (χ3v) is 8.21. The van der Waals surface area contributed by atoms with E-state index in [-0.39, 0.29) is 18.4 Å². The van der Waals surface area contributed by atoms with Crippen molar-refractivity contribution in [3.8, 4) is 11.5 Å². The topological polar surface area (TPSA) is 106 Å². The molecule has 0 aromatic heterocycles. The summed E-state index contributed by atoms with van der Waals surface area (Å²) in [4.78, 5) is 40.9. The lowest BCUT2D eigenvalue weighted by atomic mass is 10.1. The molecule has 1 heterocycles. The number of hydrogen-bond acceptors (Lipinski definition) is 6. The molecule has 0 fully saturated rings. The summed E-state index contributed by atoms with van der Waals surface area (Å²) in [6, 6.07) is 39.9. The molecule has 0 saturated carbocycles. The van der Waals surface area contributed by atoms with Crippen LogP contribution in [0.5, 0.6) is 11.5 Å². The van der Waals surface area contributed by atoms with E-state index >= 15 is 0 Å². The predicted molar refractivity (Wildman–Crippen MR) is 180 cm³/mol. The van der Waals surface area contributed by atoms with E-state index in [4.69, 9.17) is 9.47 Å². The van der Waals surface area contributed by atoms with Gasteiger partial charge in [-0.3, -0.25) is 14.4 Å². The average Bonchev–Trinajstić information content (AvgIpc) is 3.56. The Bertz CT molecular complexity index is 1880. The van der Waals surface area contributed by atoms with Crippen LogP contribution >= 0.6 is 11.8 Å². The summed E-state index contributed by atoms with van der Waals surface area (Å²) in [6.45, 7) is 0.144. The highest BCUT2D eigenvalue weighted by Gasteiger charge is 2.24. The zero-order valence-electron chi connectivity index (χ0n) is 24.5. The summed E-state index contributed by atoms with van der Waals surface area (Å²) in [5.74, 6) is 0.0936. The van der Waals surface area contributed by atoms with Crippen LogP contribution < -0.4 is 25.4 Å². The van der Waals surface area contributed by atoms with E-state index in [0.717, 1.165) is 16.0 Å². The SMILES string of the molecule is O=C(Nc1cccc(SC(C(=O)Nc2ccc3c(c2)OCO3)c2ccccc2)c1)/C(=C/c1ccccc1)NC(=O)c1ccccc1. The maximum Gasteiger partial charge on any atom is 0.272 e. The van der Waals surface area contributed by atoms with E-state index in [1.807, 2.05) is 72.8 Å². The van der Waals surface area contributed by atoms with Crippen molar-refractivity contribution in [3.63, 3.8) is 0 Å². The summed E-state index contributed by atoms with van der Waals surface area (Å²) in [7, 11) is 0. The molecule has 228 valence electrons. The summed E-state index contributed by atoms with van der Waals surface area (Å²) >= 11 is 1.35. The van der Waals surface area contributed by atoms with Gasteiger partial charge in [0.05, 0.1) is 0 Å². The zero-order valence-corrected chi connectivity index (χ0v) is 25.3. The van der Waals surface area contributed by atoms with Gasteiger partial charge in [-0.2, -0.15) is 0 Å². The quantitative estimate of drug-likeness (QED) is 0.111. The molecule has 46 heavy (non-hydrogen) atoms. The molecule has 1 aliphatic rings. The Balaban J connectivity index is 1.21. The van der Waals surface area contributed by atoms with Crippen molar-refractivity contribution in [3.05, 3.63) is 156 Å². The second kappa shape index (κ2) is 14.3. The van der Waals surface area contributed by atoms with Gasteiger partial charge < -0.3 is 25.4 Å². The zero-order chi connectivity index (χ0) is 31.7. The number of rotatable bonds is 10. The first-order valence-electron chi connectivity index (χ1n) is 14.5. The van der Waals surface area contributed by atoms with Gasteiger partial charge in [-0.05, 0) is 59.7 Å². The number of nitrogens with one attached hydrogen (secondary N) is 3. The molecule has 5 aromatic rings. The second-order valence-corrected chi connectivity index (χ2v) is 11.4. The Hall–Kier alpha value is -5.80. The maximum absolute atomic E-state index is 13.6. The van der Waals surface area contributed by atoms with Crippen LogP contribution in [0.4, 0.5) is 11.4 Å². The molecule has 3 N–H and O–H groups in total. The highest BCUT2D eigenvalue weighted by Crippen LogP contribution is 2.39. The van der Waals surface area contributed by atoms with Crippen LogP contribution in [0.3, 0.4) is 0 Å². The van der Waals surface area contributed by atoms with E-state index in [2.05, 4.69) is 16.0 Å². The first-order valence-corrected chi connectivity index (χ1v) is 15.4. The first-order chi connectivity index (χ1) is 22.5. The van der Waals surface area contributed by atoms with Crippen molar-refractivity contribution in [2.75, 3.05) is 17.4 Å². The highest BCUT2D eigenvalue weighted by molar-refractivity contribution is 8.00. The molecular formula is C37H29N3O5S. The van der Waals surface area contributed by atoms with Crippen molar-refractivity contribution < 1.29 is 23.9 Å². The standard InChI is InChI=1S/C37H29N3O5S/c41-35(27-15-8-3-9-16-27)40-31(21-25-11-4-1-5-12-25)36(42)38-28-17-10-18-30(22-28)46-34(26-13-6-2-7-14-26)37(43)39-29-19-20-32-33(23-29)45-24-44-32/h1-23,34H,24H2,(H,38,42)(H,39,43)(H,40,41)/b31-21-. The lowest BCUT2D eigenvalue weighted by Crippen LogP contribution is -2.30. The number of carbonyl (C=O) groups is 3. The van der Waals surface area contributed by atoms with Crippen molar-refractivity contribution in [2.24, 2.45) is 0 Å². The van der Waals surface area contributed by atoms with E-state index in [9.17, 15) is 14.4 Å².